The van der Waals surface area contributed by atoms with Gasteiger partial charge in [-0.1, -0.05) is 97.1 Å². The molecule has 10 atom stereocenters. The molecule has 0 unspecified atom stereocenters. The molecule has 0 bridgehead atoms. The predicted octanol–water partition coefficient (Wildman–Crippen LogP) is 4.85. The lowest BCUT2D eigenvalue weighted by Crippen LogP contribution is -2.55. The van der Waals surface area contributed by atoms with Gasteiger partial charge >= 0.3 is 6.09 Å². The molecule has 3 N–H and O–H groups in total. The van der Waals surface area contributed by atoms with Crippen LogP contribution in [-0.4, -0.2) is 245 Å². The maximum atomic E-state index is 14.6. The number of benzene rings is 1. The molecular weight excluding hydrogens is 1100 g/mol. The summed E-state index contributed by atoms with van der Waals surface area (Å²) in [7, 11) is 6.31. The highest BCUT2D eigenvalue weighted by Crippen LogP contribution is 2.31. The normalized spacial score (nSPS) is 16.4. The quantitative estimate of drug-likeness (QED) is 0.0583. The van der Waals surface area contributed by atoms with E-state index in [0.29, 0.717) is 117 Å². The van der Waals surface area contributed by atoms with Crippen molar-refractivity contribution >= 4 is 29.6 Å². The Morgan fingerprint density at radius 3 is 1.62 bits per heavy atom. The number of hydrogen-bond acceptors (Lipinski definition) is 18. The number of amides is 4. The smallest absolute Gasteiger partial charge is 0.410 e. The van der Waals surface area contributed by atoms with Crippen molar-refractivity contribution in [2.24, 2.45) is 29.6 Å². The minimum Gasteiger partial charge on any atom is -0.447 e. The van der Waals surface area contributed by atoms with E-state index in [4.69, 9.17) is 70.1 Å². The van der Waals surface area contributed by atoms with E-state index in [-0.39, 0.29) is 86.6 Å². The monoisotopic (exact) mass is 1210 g/mol. The van der Waals surface area contributed by atoms with Crippen molar-refractivity contribution in [1.29, 1.82) is 0 Å². The van der Waals surface area contributed by atoms with Crippen LogP contribution in [0.15, 0.2) is 30.3 Å². The Bertz CT molecular complexity index is 2040. The van der Waals surface area contributed by atoms with E-state index in [0.717, 1.165) is 6.42 Å². The van der Waals surface area contributed by atoms with Gasteiger partial charge in [0.1, 0.15) is 19.8 Å². The van der Waals surface area contributed by atoms with Crippen LogP contribution in [0.3, 0.4) is 0 Å². The second-order valence-electron chi connectivity index (χ2n) is 21.6. The number of aliphatic hydroxyl groups is 2. The van der Waals surface area contributed by atoms with Crippen molar-refractivity contribution in [1.82, 2.24) is 20.0 Å². The number of methoxy groups -OCH3 is 2. The van der Waals surface area contributed by atoms with Crippen LogP contribution in [0.1, 0.15) is 99.2 Å². The molecule has 0 saturated carbocycles. The summed E-state index contributed by atoms with van der Waals surface area (Å²) in [6, 6.07) is 6.81. The predicted molar refractivity (Wildman–Crippen MR) is 322 cm³/mol. The van der Waals surface area contributed by atoms with Gasteiger partial charge in [-0.3, -0.25) is 19.2 Å². The van der Waals surface area contributed by atoms with Gasteiger partial charge in [0.15, 0.2) is 5.78 Å². The number of likely N-dealkylation sites (tertiary alicyclic amines) is 1. The molecule has 1 fully saturated rings. The molecular formula is C63H106N4O18. The Kier molecular flexibility index (Phi) is 43.5. The number of Topliss-reactive ketones (excluding diaryl/α,β-unsaturated/α-hetero) is 1. The third-order valence-corrected chi connectivity index (χ3v) is 14.7. The van der Waals surface area contributed by atoms with Gasteiger partial charge in [0.2, 0.25) is 17.7 Å². The lowest BCUT2D eigenvalue weighted by molar-refractivity contribution is -0.149. The standard InChI is InChI=1S/C52H86N4O13.C11H20O5/c1-14-24-65-25-26-66-27-28-67-29-30-68-31-32-69-52(62)55(11)46(36(5)6)43(57)33-41(35(3)4)51(61)54(10)47(37(7)15-2)44(63-12)34-45(58)56-23-19-22-42(56)49(64-13)38(8)50(60)53-39(9)48(59)40-20-17-16-18-21-40;1-2-4-13-6-8-15-10-11-16-9-7-14-5-3-12/h1,16-18,20-21,35-39,41-42,44,46-49,59H,15,19,22-34H2,2-13H3,(H,53,60);1,12H,3-11H2/t37-,38+,39+,41-,42-,44+,46-,47-,48+,49+;/m0./s1. The summed E-state index contributed by atoms with van der Waals surface area (Å²) in [5, 5.41) is 22.3. The molecule has 22 nitrogen and oxygen atoms in total. The number of ether oxygens (including phenoxy) is 11. The van der Waals surface area contributed by atoms with Crippen molar-refractivity contribution in [3.8, 4) is 24.7 Å². The van der Waals surface area contributed by atoms with E-state index in [1.54, 1.807) is 42.8 Å². The number of terminal acetylenes is 2. The number of hydrogen-bond donors (Lipinski definition) is 3. The summed E-state index contributed by atoms with van der Waals surface area (Å²) in [6.07, 6.45) is 9.15. The Morgan fingerprint density at radius 1 is 0.682 bits per heavy atom. The van der Waals surface area contributed by atoms with Crippen molar-refractivity contribution in [3.05, 3.63) is 35.9 Å². The Labute approximate surface area is 508 Å². The molecule has 0 spiro atoms. The van der Waals surface area contributed by atoms with Crippen LogP contribution in [0.4, 0.5) is 4.79 Å². The fraction of sp³-hybridized carbons (Fsp3) is 0.762. The molecule has 2 rings (SSSR count). The molecule has 22 heteroatoms. The number of nitrogens with zero attached hydrogens (tertiary/aromatic N) is 3. The largest absolute Gasteiger partial charge is 0.447 e. The summed E-state index contributed by atoms with van der Waals surface area (Å²) in [5.74, 6) is 1.80. The van der Waals surface area contributed by atoms with Crippen molar-refractivity contribution in [3.63, 3.8) is 0 Å². The van der Waals surface area contributed by atoms with Crippen LogP contribution in [0, 0.1) is 54.3 Å². The van der Waals surface area contributed by atoms with Crippen LogP contribution in [-0.2, 0) is 71.3 Å². The molecule has 0 radical (unpaired) electrons. The average molecular weight is 1210 g/mol. The first-order valence-corrected chi connectivity index (χ1v) is 30.0. The number of ketones is 1. The van der Waals surface area contributed by atoms with E-state index < -0.39 is 54.4 Å². The molecule has 85 heavy (non-hydrogen) atoms. The third-order valence-electron chi connectivity index (χ3n) is 14.7. The van der Waals surface area contributed by atoms with Crippen LogP contribution < -0.4 is 5.32 Å². The first-order chi connectivity index (χ1) is 40.8. The number of rotatable bonds is 46. The SMILES string of the molecule is C#CCOCCOCCOCCOCCO.C#CCOCCOCCOCCOCCOC(=O)N(C)[C@H](C(=O)C[C@H](C(=O)N(C)[C@@H]([C@@H](C)CC)[C@@H](CC(=O)N1CCC[C@H]1[C@H](OC)[C@@H](C)C(=O)N[C@H](C)[C@@H](O)c1ccccc1)OC)C(C)C)C(C)C. The van der Waals surface area contributed by atoms with Gasteiger partial charge in [-0.05, 0) is 43.1 Å². The zero-order valence-corrected chi connectivity index (χ0v) is 53.2. The maximum Gasteiger partial charge on any atom is 0.410 e. The van der Waals surface area contributed by atoms with Crippen molar-refractivity contribution in [2.45, 2.75) is 130 Å². The first-order valence-electron chi connectivity index (χ1n) is 30.0. The highest BCUT2D eigenvalue weighted by atomic mass is 16.6. The molecule has 0 aromatic heterocycles. The van der Waals surface area contributed by atoms with Crippen LogP contribution >= 0.6 is 0 Å². The number of aliphatic hydroxyl groups excluding tert-OH is 2. The molecule has 486 valence electrons. The summed E-state index contributed by atoms with van der Waals surface area (Å²) >= 11 is 0. The van der Waals surface area contributed by atoms with E-state index in [9.17, 15) is 29.1 Å². The highest BCUT2D eigenvalue weighted by molar-refractivity contribution is 5.92. The second-order valence-corrected chi connectivity index (χ2v) is 21.6. The van der Waals surface area contributed by atoms with Crippen LogP contribution in [0.2, 0.25) is 0 Å². The highest BCUT2D eigenvalue weighted by Gasteiger charge is 2.44. The van der Waals surface area contributed by atoms with Gasteiger partial charge < -0.3 is 82.3 Å². The Morgan fingerprint density at radius 2 is 1.18 bits per heavy atom. The number of carbonyl (C=O) groups is 5. The van der Waals surface area contributed by atoms with Gasteiger partial charge in [0, 0.05) is 47.2 Å². The fourth-order valence-corrected chi connectivity index (χ4v) is 9.97. The molecule has 1 heterocycles. The summed E-state index contributed by atoms with van der Waals surface area (Å²) < 4.78 is 59.4. The topological polar surface area (TPSA) is 249 Å². The lowest BCUT2D eigenvalue weighted by atomic mass is 9.83. The zero-order valence-electron chi connectivity index (χ0n) is 53.2. The summed E-state index contributed by atoms with van der Waals surface area (Å²) in [4.78, 5) is 74.6. The van der Waals surface area contributed by atoms with E-state index in [1.807, 2.05) is 59.7 Å². The number of likely N-dealkylation sites (N-methyl/N-ethyl adjacent to an activating group) is 2. The molecule has 1 saturated heterocycles. The Hall–Kier alpha value is -4.79. The molecule has 1 aliphatic heterocycles. The molecule has 1 aliphatic rings. The van der Waals surface area contributed by atoms with E-state index >= 15 is 0 Å². The molecule has 1 aromatic carbocycles. The van der Waals surface area contributed by atoms with Crippen molar-refractivity contribution in [2.75, 3.05) is 154 Å². The van der Waals surface area contributed by atoms with Crippen LogP contribution in [0.25, 0.3) is 0 Å². The lowest BCUT2D eigenvalue weighted by Gasteiger charge is -2.41. The maximum absolute atomic E-state index is 14.6. The van der Waals surface area contributed by atoms with Gasteiger partial charge in [0.05, 0.1) is 154 Å². The summed E-state index contributed by atoms with van der Waals surface area (Å²) in [5.41, 5.74) is 0.691. The van der Waals surface area contributed by atoms with Gasteiger partial charge in [-0.25, -0.2) is 4.79 Å². The molecule has 0 aliphatic carbocycles. The average Bonchev–Trinajstić information content (AvgIpc) is 4.14. The molecule has 1 aromatic rings. The summed E-state index contributed by atoms with van der Waals surface area (Å²) in [6.45, 7) is 21.9. The third kappa shape index (κ3) is 30.6. The van der Waals surface area contributed by atoms with E-state index in [2.05, 4.69) is 17.2 Å². The van der Waals surface area contributed by atoms with Gasteiger partial charge in [-0.2, -0.15) is 0 Å². The second kappa shape index (κ2) is 47.3. The fourth-order valence-electron chi connectivity index (χ4n) is 9.97. The van der Waals surface area contributed by atoms with Crippen molar-refractivity contribution < 1.29 is 86.3 Å². The number of nitrogens with one attached hydrogen (secondary N) is 1. The number of carbonyl (C=O) groups excluding carboxylic acids is 5. The molecule has 4 amide bonds. The van der Waals surface area contributed by atoms with Gasteiger partial charge in [-0.15, -0.1) is 12.8 Å². The zero-order chi connectivity index (χ0) is 63.5. The minimum atomic E-state index is -0.905. The first kappa shape index (κ1) is 78.2. The van der Waals surface area contributed by atoms with E-state index in [1.165, 1.54) is 26.2 Å². The van der Waals surface area contributed by atoms with Gasteiger partial charge in [0.25, 0.3) is 0 Å². The minimum absolute atomic E-state index is 0.0235. The Balaban J connectivity index is 0.00000195. The van der Waals surface area contributed by atoms with Crippen LogP contribution in [0.5, 0.6) is 0 Å².